The van der Waals surface area contributed by atoms with Crippen molar-refractivity contribution in [1.29, 1.82) is 0 Å². The highest BCUT2D eigenvalue weighted by atomic mass is 16.5. The van der Waals surface area contributed by atoms with E-state index in [2.05, 4.69) is 15.5 Å². The lowest BCUT2D eigenvalue weighted by Gasteiger charge is -2.11. The molecule has 6 heteroatoms. The molecule has 0 saturated heterocycles. The van der Waals surface area contributed by atoms with E-state index in [0.29, 0.717) is 28.3 Å². The number of nitrogens with zero attached hydrogens (tertiary/aromatic N) is 2. The lowest BCUT2D eigenvalue weighted by Crippen LogP contribution is -2.20. The molecule has 0 radical (unpaired) electrons. The number of benzene rings is 3. The van der Waals surface area contributed by atoms with Crippen LogP contribution in [0.5, 0.6) is 17.2 Å². The van der Waals surface area contributed by atoms with E-state index in [4.69, 9.17) is 4.74 Å². The summed E-state index contributed by atoms with van der Waals surface area (Å²) in [5.74, 6) is 0.786. The van der Waals surface area contributed by atoms with E-state index in [1.165, 1.54) is 0 Å². The largest absolute Gasteiger partial charge is 0.506 e. The Kier molecular flexibility index (Phi) is 5.39. The summed E-state index contributed by atoms with van der Waals surface area (Å²) in [5.41, 5.74) is 4.80. The fourth-order valence-electron chi connectivity index (χ4n) is 3.09. The van der Waals surface area contributed by atoms with Crippen molar-refractivity contribution >= 4 is 22.5 Å². The van der Waals surface area contributed by atoms with Crippen molar-refractivity contribution in [3.05, 3.63) is 96.2 Å². The molecule has 1 heterocycles. The molecular formula is C24H19N3O3. The zero-order valence-electron chi connectivity index (χ0n) is 16.2. The molecule has 0 fully saturated rings. The quantitative estimate of drug-likeness (QED) is 0.371. The minimum Gasteiger partial charge on any atom is -0.506 e. The van der Waals surface area contributed by atoms with Gasteiger partial charge in [-0.05, 0) is 49.4 Å². The normalized spacial score (nSPS) is 11.3. The fraction of sp³-hybridized carbons (Fsp3) is 0.0417. The summed E-state index contributed by atoms with van der Waals surface area (Å²) in [4.78, 5) is 17.0. The van der Waals surface area contributed by atoms with Crippen LogP contribution in [0.15, 0.2) is 90.2 Å². The van der Waals surface area contributed by atoms with E-state index < -0.39 is 0 Å². The molecule has 0 aliphatic carbocycles. The van der Waals surface area contributed by atoms with Crippen LogP contribution < -0.4 is 10.2 Å². The first-order chi connectivity index (χ1) is 14.6. The van der Waals surface area contributed by atoms with Gasteiger partial charge in [0, 0.05) is 17.1 Å². The van der Waals surface area contributed by atoms with Gasteiger partial charge >= 0.3 is 0 Å². The highest BCUT2D eigenvalue weighted by Gasteiger charge is 2.13. The van der Waals surface area contributed by atoms with Gasteiger partial charge in [0.05, 0.1) is 11.3 Å². The predicted molar refractivity (Wildman–Crippen MR) is 116 cm³/mol. The van der Waals surface area contributed by atoms with Crippen molar-refractivity contribution in [2.75, 3.05) is 0 Å². The molecule has 0 aliphatic rings. The molecule has 3 aromatic carbocycles. The molecule has 0 aliphatic heterocycles. The van der Waals surface area contributed by atoms with Crippen molar-refractivity contribution in [2.24, 2.45) is 5.10 Å². The standard InChI is InChI=1S/C24H19N3O3/c1-16(18-13-14-21(28)23-19(18)11-7-15-25-23)26-27-24(29)20-10-5-6-12-22(20)30-17-8-3-2-4-9-17/h2-15,28H,1H3,(H,27,29)/b26-16+. The number of carbonyl (C=O) groups excluding carboxylic acids is 1. The molecule has 30 heavy (non-hydrogen) atoms. The number of hydrogen-bond donors (Lipinski definition) is 2. The van der Waals surface area contributed by atoms with Gasteiger partial charge in [-0.2, -0.15) is 5.10 Å². The number of phenols is 1. The lowest BCUT2D eigenvalue weighted by molar-refractivity contribution is 0.0952. The molecule has 4 rings (SSSR count). The van der Waals surface area contributed by atoms with E-state index in [0.717, 1.165) is 10.9 Å². The van der Waals surface area contributed by atoms with Crippen LogP contribution in [0.4, 0.5) is 0 Å². The highest BCUT2D eigenvalue weighted by Crippen LogP contribution is 2.27. The fourth-order valence-corrected chi connectivity index (χ4v) is 3.09. The third-order valence-electron chi connectivity index (χ3n) is 4.57. The summed E-state index contributed by atoms with van der Waals surface area (Å²) in [6.45, 7) is 1.78. The summed E-state index contributed by atoms with van der Waals surface area (Å²) in [7, 11) is 0. The van der Waals surface area contributed by atoms with Crippen molar-refractivity contribution in [2.45, 2.75) is 6.92 Å². The topological polar surface area (TPSA) is 83.8 Å². The Labute approximate surface area is 173 Å². The number of nitrogens with one attached hydrogen (secondary N) is 1. The summed E-state index contributed by atoms with van der Waals surface area (Å²) in [5, 5.41) is 15.0. The second-order valence-corrected chi connectivity index (χ2v) is 6.58. The zero-order valence-corrected chi connectivity index (χ0v) is 16.2. The van der Waals surface area contributed by atoms with Gasteiger partial charge in [-0.25, -0.2) is 5.43 Å². The Morgan fingerprint density at radius 3 is 2.53 bits per heavy atom. The second kappa shape index (κ2) is 8.45. The van der Waals surface area contributed by atoms with Gasteiger partial charge in [-0.15, -0.1) is 0 Å². The lowest BCUT2D eigenvalue weighted by atomic mass is 10.0. The van der Waals surface area contributed by atoms with Crippen LogP contribution >= 0.6 is 0 Å². The molecule has 6 nitrogen and oxygen atoms in total. The number of aromatic nitrogens is 1. The number of carbonyl (C=O) groups is 1. The van der Waals surface area contributed by atoms with Gasteiger partial charge in [-0.1, -0.05) is 36.4 Å². The van der Waals surface area contributed by atoms with Crippen LogP contribution in [0.3, 0.4) is 0 Å². The molecule has 0 spiro atoms. The monoisotopic (exact) mass is 397 g/mol. The number of fused-ring (bicyclic) bond motifs is 1. The van der Waals surface area contributed by atoms with Gasteiger partial charge in [-0.3, -0.25) is 9.78 Å². The Morgan fingerprint density at radius 1 is 0.933 bits per heavy atom. The maximum absolute atomic E-state index is 12.8. The number of pyridine rings is 1. The average Bonchev–Trinajstić information content (AvgIpc) is 2.79. The Hall–Kier alpha value is -4.19. The average molecular weight is 397 g/mol. The molecule has 4 aromatic rings. The van der Waals surface area contributed by atoms with Crippen molar-refractivity contribution < 1.29 is 14.6 Å². The van der Waals surface area contributed by atoms with Gasteiger partial charge in [0.2, 0.25) is 0 Å². The predicted octanol–water partition coefficient (Wildman–Crippen LogP) is 4.89. The molecule has 148 valence electrons. The maximum Gasteiger partial charge on any atom is 0.275 e. The van der Waals surface area contributed by atoms with Crippen LogP contribution in [-0.4, -0.2) is 21.7 Å². The molecule has 1 amide bonds. The zero-order chi connectivity index (χ0) is 20.9. The third kappa shape index (κ3) is 3.98. The van der Waals surface area contributed by atoms with Crippen molar-refractivity contribution in [3.63, 3.8) is 0 Å². The van der Waals surface area contributed by atoms with Crippen molar-refractivity contribution in [1.82, 2.24) is 10.4 Å². The Balaban J connectivity index is 1.58. The van der Waals surface area contributed by atoms with E-state index in [9.17, 15) is 9.90 Å². The number of aromatic hydroxyl groups is 1. The minimum absolute atomic E-state index is 0.0955. The number of phenolic OH excluding ortho intramolecular Hbond substituents is 1. The summed E-state index contributed by atoms with van der Waals surface area (Å²) in [6, 6.07) is 23.2. The molecule has 0 unspecified atom stereocenters. The number of amides is 1. The molecule has 1 aromatic heterocycles. The molecular weight excluding hydrogens is 378 g/mol. The number of hydrogen-bond acceptors (Lipinski definition) is 5. The Bertz CT molecular complexity index is 1240. The Morgan fingerprint density at radius 2 is 1.70 bits per heavy atom. The van der Waals surface area contributed by atoms with Crippen LogP contribution in [0.2, 0.25) is 0 Å². The minimum atomic E-state index is -0.387. The molecule has 0 bridgehead atoms. The van der Waals surface area contributed by atoms with E-state index in [1.807, 2.05) is 36.4 Å². The third-order valence-corrected chi connectivity index (χ3v) is 4.57. The number of hydrazone groups is 1. The molecule has 2 N–H and O–H groups in total. The number of ether oxygens (including phenoxy) is 1. The maximum atomic E-state index is 12.8. The van der Waals surface area contributed by atoms with E-state index in [1.54, 1.807) is 55.6 Å². The van der Waals surface area contributed by atoms with Crippen LogP contribution in [0.25, 0.3) is 10.9 Å². The van der Waals surface area contributed by atoms with Gasteiger partial charge in [0.25, 0.3) is 5.91 Å². The first-order valence-corrected chi connectivity index (χ1v) is 9.37. The smallest absolute Gasteiger partial charge is 0.275 e. The second-order valence-electron chi connectivity index (χ2n) is 6.58. The molecule has 0 atom stereocenters. The SMILES string of the molecule is C/C(=N\NC(=O)c1ccccc1Oc1ccccc1)c1ccc(O)c2ncccc12. The van der Waals surface area contributed by atoms with E-state index in [-0.39, 0.29) is 11.7 Å². The van der Waals surface area contributed by atoms with Gasteiger partial charge in [0.15, 0.2) is 0 Å². The first-order valence-electron chi connectivity index (χ1n) is 9.37. The number of para-hydroxylation sites is 2. The van der Waals surface area contributed by atoms with Crippen LogP contribution in [0, 0.1) is 0 Å². The van der Waals surface area contributed by atoms with E-state index >= 15 is 0 Å². The van der Waals surface area contributed by atoms with Crippen LogP contribution in [-0.2, 0) is 0 Å². The molecule has 0 saturated carbocycles. The highest BCUT2D eigenvalue weighted by molar-refractivity contribution is 6.10. The summed E-state index contributed by atoms with van der Waals surface area (Å²) < 4.78 is 5.85. The first kappa shape index (κ1) is 19.1. The van der Waals surface area contributed by atoms with Gasteiger partial charge < -0.3 is 9.84 Å². The van der Waals surface area contributed by atoms with Crippen LogP contribution in [0.1, 0.15) is 22.8 Å². The number of rotatable bonds is 5. The summed E-state index contributed by atoms with van der Waals surface area (Å²) in [6.07, 6.45) is 1.61. The van der Waals surface area contributed by atoms with Crippen molar-refractivity contribution in [3.8, 4) is 17.2 Å². The van der Waals surface area contributed by atoms with Gasteiger partial charge in [0.1, 0.15) is 22.8 Å². The summed E-state index contributed by atoms with van der Waals surface area (Å²) >= 11 is 0.